The minimum atomic E-state index is -0.382. The van der Waals surface area contributed by atoms with Crippen molar-refractivity contribution in [2.45, 2.75) is 38.5 Å². The van der Waals surface area contributed by atoms with Crippen LogP contribution in [0.25, 0.3) is 0 Å². The number of likely N-dealkylation sites (tertiary alicyclic amines) is 1. The molecule has 1 unspecified atom stereocenters. The molecule has 32 heavy (non-hydrogen) atoms. The SMILES string of the molecule is COc1ccc(C2=NC(N3CCC(C(=O)CCCc4ccccc4)CC3)ON2)cc1OC. The van der Waals surface area contributed by atoms with Crippen molar-refractivity contribution >= 4 is 11.6 Å². The first-order valence-electron chi connectivity index (χ1n) is 11.2. The molecule has 0 radical (unpaired) electrons. The van der Waals surface area contributed by atoms with Crippen LogP contribution >= 0.6 is 0 Å². The van der Waals surface area contributed by atoms with Crippen molar-refractivity contribution in [2.75, 3.05) is 27.3 Å². The lowest BCUT2D eigenvalue weighted by molar-refractivity contribution is -0.126. The molecular weight excluding hydrogens is 406 g/mol. The Hall–Kier alpha value is -2.90. The van der Waals surface area contributed by atoms with Gasteiger partial charge in [0.2, 0.25) is 6.35 Å². The number of rotatable bonds is 9. The van der Waals surface area contributed by atoms with Gasteiger partial charge in [-0.15, -0.1) is 0 Å². The summed E-state index contributed by atoms with van der Waals surface area (Å²) in [5, 5.41) is 0. The van der Waals surface area contributed by atoms with Gasteiger partial charge in [0.15, 0.2) is 17.3 Å². The molecular formula is C25H31N3O4. The third-order valence-corrected chi connectivity index (χ3v) is 6.19. The molecule has 1 atom stereocenters. The number of benzene rings is 2. The van der Waals surface area contributed by atoms with Gasteiger partial charge < -0.3 is 9.47 Å². The molecule has 2 aliphatic heterocycles. The Morgan fingerprint density at radius 3 is 2.56 bits per heavy atom. The Kier molecular flexibility index (Phi) is 7.39. The molecule has 4 rings (SSSR count). The molecule has 2 aliphatic rings. The predicted molar refractivity (Wildman–Crippen MR) is 123 cm³/mol. The van der Waals surface area contributed by atoms with E-state index in [1.54, 1.807) is 14.2 Å². The number of methoxy groups -OCH3 is 2. The second-order valence-electron chi connectivity index (χ2n) is 8.21. The van der Waals surface area contributed by atoms with E-state index in [-0.39, 0.29) is 12.3 Å². The number of ketones is 1. The van der Waals surface area contributed by atoms with Crippen molar-refractivity contribution in [3.8, 4) is 11.5 Å². The number of nitrogens with zero attached hydrogens (tertiary/aromatic N) is 2. The number of carbonyl (C=O) groups is 1. The number of Topliss-reactive ketones (excluding diaryl/α,β-unsaturated/α-hetero) is 1. The van der Waals surface area contributed by atoms with Crippen molar-refractivity contribution in [2.24, 2.45) is 10.9 Å². The van der Waals surface area contributed by atoms with Crippen LogP contribution in [-0.4, -0.2) is 50.2 Å². The van der Waals surface area contributed by atoms with Gasteiger partial charge in [-0.25, -0.2) is 15.3 Å². The molecule has 2 heterocycles. The van der Waals surface area contributed by atoms with Crippen molar-refractivity contribution in [3.05, 3.63) is 59.7 Å². The van der Waals surface area contributed by atoms with Gasteiger partial charge in [-0.05, 0) is 49.4 Å². The highest BCUT2D eigenvalue weighted by molar-refractivity contribution is 5.99. The monoisotopic (exact) mass is 437 g/mol. The summed E-state index contributed by atoms with van der Waals surface area (Å²) in [5.74, 6) is 2.51. The normalized spacial score (nSPS) is 19.3. The standard InChI is InChI=1S/C25H31N3O4/c1-30-22-12-11-20(17-23(22)31-2)24-26-25(32-27-24)28-15-13-19(14-16-28)21(29)10-6-9-18-7-4-3-5-8-18/h3-5,7-8,11-12,17,19,25H,6,9-10,13-16H2,1-2H3,(H,26,27). The molecule has 7 nitrogen and oxygen atoms in total. The van der Waals surface area contributed by atoms with E-state index in [9.17, 15) is 4.79 Å². The molecule has 7 heteroatoms. The quantitative estimate of drug-likeness (QED) is 0.647. The maximum atomic E-state index is 12.7. The van der Waals surface area contributed by atoms with E-state index >= 15 is 0 Å². The van der Waals surface area contributed by atoms with E-state index in [1.165, 1.54) is 5.56 Å². The van der Waals surface area contributed by atoms with Gasteiger partial charge in [-0.1, -0.05) is 30.3 Å². The fourth-order valence-electron chi connectivity index (χ4n) is 4.30. The second kappa shape index (κ2) is 10.6. The highest BCUT2D eigenvalue weighted by Crippen LogP contribution is 2.29. The highest BCUT2D eigenvalue weighted by atomic mass is 16.7. The molecule has 0 aliphatic carbocycles. The summed E-state index contributed by atoms with van der Waals surface area (Å²) in [5.41, 5.74) is 5.10. The second-order valence-corrected chi connectivity index (χ2v) is 8.21. The first-order valence-corrected chi connectivity index (χ1v) is 11.2. The Morgan fingerprint density at radius 2 is 1.84 bits per heavy atom. The average molecular weight is 438 g/mol. The van der Waals surface area contributed by atoms with E-state index in [1.807, 2.05) is 36.4 Å². The zero-order valence-corrected chi connectivity index (χ0v) is 18.8. The maximum absolute atomic E-state index is 12.7. The number of amidine groups is 1. The van der Waals surface area contributed by atoms with E-state index in [0.29, 0.717) is 29.5 Å². The molecule has 1 fully saturated rings. The number of hydrogen-bond donors (Lipinski definition) is 1. The van der Waals surface area contributed by atoms with Gasteiger partial charge in [-0.3, -0.25) is 9.69 Å². The summed E-state index contributed by atoms with van der Waals surface area (Å²) in [6.45, 7) is 1.59. The van der Waals surface area contributed by atoms with Gasteiger partial charge >= 0.3 is 0 Å². The summed E-state index contributed by atoms with van der Waals surface area (Å²) in [6.07, 6.45) is 3.85. The van der Waals surface area contributed by atoms with E-state index in [4.69, 9.17) is 19.3 Å². The number of aryl methyl sites for hydroxylation is 1. The summed E-state index contributed by atoms with van der Waals surface area (Å²) < 4.78 is 10.7. The Bertz CT molecular complexity index is 939. The maximum Gasteiger partial charge on any atom is 0.233 e. The molecule has 0 aromatic heterocycles. The van der Waals surface area contributed by atoms with Crippen LogP contribution in [0.1, 0.15) is 36.8 Å². The van der Waals surface area contributed by atoms with Crippen molar-refractivity contribution in [1.82, 2.24) is 10.4 Å². The lowest BCUT2D eigenvalue weighted by atomic mass is 9.89. The number of carbonyl (C=O) groups excluding carboxylic acids is 1. The van der Waals surface area contributed by atoms with Crippen LogP contribution in [0.2, 0.25) is 0 Å². The van der Waals surface area contributed by atoms with Crippen LogP contribution in [0.15, 0.2) is 53.5 Å². The Balaban J connectivity index is 1.26. The fourth-order valence-corrected chi connectivity index (χ4v) is 4.30. The minimum absolute atomic E-state index is 0.144. The van der Waals surface area contributed by atoms with E-state index in [0.717, 1.165) is 44.3 Å². The average Bonchev–Trinajstić information content (AvgIpc) is 3.34. The van der Waals surface area contributed by atoms with Crippen LogP contribution in [0.3, 0.4) is 0 Å². The summed E-state index contributed by atoms with van der Waals surface area (Å²) in [4.78, 5) is 25.2. The lowest BCUT2D eigenvalue weighted by Crippen LogP contribution is -2.42. The van der Waals surface area contributed by atoms with Crippen LogP contribution in [-0.2, 0) is 16.1 Å². The molecule has 0 bridgehead atoms. The van der Waals surface area contributed by atoms with Crippen LogP contribution < -0.4 is 15.0 Å². The number of ether oxygens (including phenoxy) is 2. The van der Waals surface area contributed by atoms with Crippen LogP contribution in [0.4, 0.5) is 0 Å². The molecule has 2 aromatic rings. The first kappa shape index (κ1) is 22.3. The van der Waals surface area contributed by atoms with Gasteiger partial charge in [0, 0.05) is 31.0 Å². The third-order valence-electron chi connectivity index (χ3n) is 6.19. The largest absolute Gasteiger partial charge is 0.493 e. The van der Waals surface area contributed by atoms with Crippen molar-refractivity contribution in [1.29, 1.82) is 0 Å². The smallest absolute Gasteiger partial charge is 0.233 e. The van der Waals surface area contributed by atoms with Crippen LogP contribution in [0.5, 0.6) is 11.5 Å². The van der Waals surface area contributed by atoms with Gasteiger partial charge in [0.05, 0.1) is 14.2 Å². The molecule has 170 valence electrons. The number of hydrogen-bond acceptors (Lipinski definition) is 7. The first-order chi connectivity index (χ1) is 15.7. The molecule has 0 spiro atoms. The molecule has 2 aromatic carbocycles. The molecule has 1 N–H and O–H groups in total. The number of hydroxylamine groups is 1. The van der Waals surface area contributed by atoms with E-state index in [2.05, 4.69) is 22.5 Å². The zero-order chi connectivity index (χ0) is 22.3. The topological polar surface area (TPSA) is 72.4 Å². The third kappa shape index (κ3) is 5.29. The number of aliphatic imine (C=N–C) groups is 1. The Labute approximate surface area is 189 Å². The lowest BCUT2D eigenvalue weighted by Gasteiger charge is -2.32. The highest BCUT2D eigenvalue weighted by Gasteiger charge is 2.31. The molecule has 1 saturated heterocycles. The molecule has 0 amide bonds. The summed E-state index contributed by atoms with van der Waals surface area (Å²) in [6, 6.07) is 16.0. The Morgan fingerprint density at radius 1 is 1.09 bits per heavy atom. The van der Waals surface area contributed by atoms with Crippen LogP contribution in [0, 0.1) is 5.92 Å². The van der Waals surface area contributed by atoms with E-state index < -0.39 is 0 Å². The van der Waals surface area contributed by atoms with Gasteiger partial charge in [-0.2, -0.15) is 0 Å². The zero-order valence-electron chi connectivity index (χ0n) is 18.8. The molecule has 0 saturated carbocycles. The van der Waals surface area contributed by atoms with Gasteiger partial charge in [0.25, 0.3) is 0 Å². The minimum Gasteiger partial charge on any atom is -0.493 e. The summed E-state index contributed by atoms with van der Waals surface area (Å²) in [7, 11) is 3.22. The van der Waals surface area contributed by atoms with Gasteiger partial charge in [0.1, 0.15) is 5.78 Å². The predicted octanol–water partition coefficient (Wildman–Crippen LogP) is 3.57. The summed E-state index contributed by atoms with van der Waals surface area (Å²) >= 11 is 0. The van der Waals surface area contributed by atoms with Crippen molar-refractivity contribution in [3.63, 3.8) is 0 Å². The fraction of sp³-hybridized carbons (Fsp3) is 0.440. The number of nitrogens with one attached hydrogen (secondary N) is 1. The number of piperidine rings is 1. The van der Waals surface area contributed by atoms with Crippen molar-refractivity contribution < 1.29 is 19.1 Å².